The summed E-state index contributed by atoms with van der Waals surface area (Å²) in [5.41, 5.74) is 1.76. The van der Waals surface area contributed by atoms with Crippen molar-refractivity contribution in [2.45, 2.75) is 6.42 Å². The second-order valence-electron chi connectivity index (χ2n) is 6.90. The average Bonchev–Trinajstić information content (AvgIpc) is 3.43. The highest BCUT2D eigenvalue weighted by atomic mass is 32.1. The Kier molecular flexibility index (Phi) is 4.95. The van der Waals surface area contributed by atoms with Crippen LogP contribution in [0.1, 0.15) is 21.1 Å². The van der Waals surface area contributed by atoms with E-state index in [-0.39, 0.29) is 5.91 Å². The SMILES string of the molecule is O=C(c1csc(Cc2ccccc2)n1)N1CCN(c2ncnc3sccc23)CC1. The molecule has 0 atom stereocenters. The quantitative estimate of drug-likeness (QED) is 0.503. The van der Waals surface area contributed by atoms with Crippen molar-refractivity contribution in [2.24, 2.45) is 0 Å². The number of hydrogen-bond acceptors (Lipinski definition) is 7. The van der Waals surface area contributed by atoms with Crippen molar-refractivity contribution in [1.82, 2.24) is 19.9 Å². The molecule has 1 fully saturated rings. The first-order chi connectivity index (χ1) is 14.3. The highest BCUT2D eigenvalue weighted by molar-refractivity contribution is 7.16. The molecular weight excluding hydrogens is 402 g/mol. The molecule has 5 rings (SSSR count). The van der Waals surface area contributed by atoms with Gasteiger partial charge >= 0.3 is 0 Å². The van der Waals surface area contributed by atoms with Gasteiger partial charge in [-0.25, -0.2) is 15.0 Å². The van der Waals surface area contributed by atoms with Crippen LogP contribution in [0.4, 0.5) is 5.82 Å². The van der Waals surface area contributed by atoms with Crippen molar-refractivity contribution in [1.29, 1.82) is 0 Å². The van der Waals surface area contributed by atoms with Crippen molar-refractivity contribution in [3.63, 3.8) is 0 Å². The number of amides is 1. The molecular formula is C21H19N5OS2. The van der Waals surface area contributed by atoms with Crippen LogP contribution < -0.4 is 4.90 Å². The first-order valence-corrected chi connectivity index (χ1v) is 11.2. The number of anilines is 1. The van der Waals surface area contributed by atoms with E-state index in [9.17, 15) is 4.79 Å². The summed E-state index contributed by atoms with van der Waals surface area (Å²) >= 11 is 3.17. The van der Waals surface area contributed by atoms with Crippen LogP contribution in [0.3, 0.4) is 0 Å². The summed E-state index contributed by atoms with van der Waals surface area (Å²) < 4.78 is 0. The Morgan fingerprint density at radius 3 is 2.66 bits per heavy atom. The van der Waals surface area contributed by atoms with Gasteiger partial charge in [0.25, 0.3) is 5.91 Å². The standard InChI is InChI=1S/C21H19N5OS2/c27-21(17-13-29-18(24-17)12-15-4-2-1-3-5-15)26-9-7-25(8-10-26)19-16-6-11-28-20(16)23-14-22-19/h1-6,11,13-14H,7-10,12H2. The Bertz CT molecular complexity index is 1130. The Balaban J connectivity index is 1.24. The van der Waals surface area contributed by atoms with Crippen molar-refractivity contribution in [3.8, 4) is 0 Å². The number of thiophene rings is 1. The van der Waals surface area contributed by atoms with Crippen molar-refractivity contribution < 1.29 is 4.79 Å². The highest BCUT2D eigenvalue weighted by Crippen LogP contribution is 2.27. The summed E-state index contributed by atoms with van der Waals surface area (Å²) in [6.45, 7) is 2.85. The number of nitrogens with zero attached hydrogens (tertiary/aromatic N) is 5. The van der Waals surface area contributed by atoms with E-state index in [1.54, 1.807) is 29.0 Å². The van der Waals surface area contributed by atoms with Gasteiger partial charge in [-0.05, 0) is 17.0 Å². The van der Waals surface area contributed by atoms with Crippen molar-refractivity contribution >= 4 is 44.6 Å². The molecule has 8 heteroatoms. The summed E-state index contributed by atoms with van der Waals surface area (Å²) in [5.74, 6) is 0.978. The van der Waals surface area contributed by atoms with Crippen LogP contribution in [-0.4, -0.2) is 51.9 Å². The molecule has 0 unspecified atom stereocenters. The second kappa shape index (κ2) is 7.88. The van der Waals surface area contributed by atoms with Crippen LogP contribution in [0.5, 0.6) is 0 Å². The molecule has 6 nitrogen and oxygen atoms in total. The van der Waals surface area contributed by atoms with E-state index in [1.807, 2.05) is 33.9 Å². The molecule has 146 valence electrons. The van der Waals surface area contributed by atoms with Gasteiger partial charge in [-0.15, -0.1) is 22.7 Å². The molecule has 0 spiro atoms. The molecule has 0 bridgehead atoms. The van der Waals surface area contributed by atoms with E-state index in [0.717, 1.165) is 40.6 Å². The zero-order valence-electron chi connectivity index (χ0n) is 15.7. The summed E-state index contributed by atoms with van der Waals surface area (Å²) in [4.78, 5) is 31.4. The van der Waals surface area contributed by atoms with Crippen molar-refractivity contribution in [3.05, 3.63) is 69.8 Å². The predicted molar refractivity (Wildman–Crippen MR) is 117 cm³/mol. The summed E-state index contributed by atoms with van der Waals surface area (Å²) in [6, 6.07) is 12.3. The minimum absolute atomic E-state index is 0.0172. The number of rotatable bonds is 4. The third-order valence-electron chi connectivity index (χ3n) is 5.08. The number of hydrogen-bond donors (Lipinski definition) is 0. The minimum atomic E-state index is 0.0172. The van der Waals surface area contributed by atoms with E-state index in [4.69, 9.17) is 0 Å². The number of piperazine rings is 1. The zero-order chi connectivity index (χ0) is 19.6. The van der Waals surface area contributed by atoms with Crippen LogP contribution in [0, 0.1) is 0 Å². The molecule has 0 saturated carbocycles. The molecule has 4 aromatic rings. The monoisotopic (exact) mass is 421 g/mol. The van der Waals surface area contributed by atoms with Gasteiger partial charge in [0.15, 0.2) is 0 Å². The lowest BCUT2D eigenvalue weighted by atomic mass is 10.2. The number of thiazole rings is 1. The zero-order valence-corrected chi connectivity index (χ0v) is 17.3. The van der Waals surface area contributed by atoms with Crippen LogP contribution in [0.2, 0.25) is 0 Å². The number of aromatic nitrogens is 3. The molecule has 1 aromatic carbocycles. The largest absolute Gasteiger partial charge is 0.352 e. The third kappa shape index (κ3) is 3.73. The predicted octanol–water partition coefficient (Wildman–Crippen LogP) is 3.70. The van der Waals surface area contributed by atoms with Gasteiger partial charge in [0.1, 0.15) is 22.7 Å². The summed E-state index contributed by atoms with van der Waals surface area (Å²) in [6.07, 6.45) is 2.38. The van der Waals surface area contributed by atoms with Gasteiger partial charge in [-0.1, -0.05) is 30.3 Å². The average molecular weight is 422 g/mol. The van der Waals surface area contributed by atoms with Crippen LogP contribution in [0.15, 0.2) is 53.5 Å². The first-order valence-electron chi connectivity index (χ1n) is 9.49. The van der Waals surface area contributed by atoms with Gasteiger partial charge < -0.3 is 9.80 Å². The third-order valence-corrected chi connectivity index (χ3v) is 6.75. The highest BCUT2D eigenvalue weighted by Gasteiger charge is 2.25. The van der Waals surface area contributed by atoms with Gasteiger partial charge in [0.05, 0.1) is 10.4 Å². The molecule has 0 N–H and O–H groups in total. The minimum Gasteiger partial charge on any atom is -0.352 e. The molecule has 29 heavy (non-hydrogen) atoms. The smallest absolute Gasteiger partial charge is 0.273 e. The Morgan fingerprint density at radius 1 is 1.00 bits per heavy atom. The van der Waals surface area contributed by atoms with E-state index >= 15 is 0 Å². The van der Waals surface area contributed by atoms with Crippen LogP contribution in [0.25, 0.3) is 10.2 Å². The number of carbonyl (C=O) groups excluding carboxylic acids is 1. The lowest BCUT2D eigenvalue weighted by Crippen LogP contribution is -2.49. The molecule has 1 saturated heterocycles. The van der Waals surface area contributed by atoms with Gasteiger partial charge in [-0.3, -0.25) is 4.79 Å². The fourth-order valence-corrected chi connectivity index (χ4v) is 5.10. The van der Waals surface area contributed by atoms with E-state index in [1.165, 1.54) is 5.56 Å². The maximum absolute atomic E-state index is 12.9. The Hall–Kier alpha value is -2.84. The van der Waals surface area contributed by atoms with E-state index in [0.29, 0.717) is 18.8 Å². The second-order valence-corrected chi connectivity index (χ2v) is 8.74. The van der Waals surface area contributed by atoms with Crippen LogP contribution in [-0.2, 0) is 6.42 Å². The Labute approximate surface area is 176 Å². The number of fused-ring (bicyclic) bond motifs is 1. The van der Waals surface area contributed by atoms with Gasteiger partial charge in [0, 0.05) is 38.0 Å². The fourth-order valence-electron chi connectivity index (χ4n) is 3.57. The summed E-state index contributed by atoms with van der Waals surface area (Å²) in [7, 11) is 0. The number of benzene rings is 1. The molecule has 1 aliphatic heterocycles. The normalized spacial score (nSPS) is 14.5. The van der Waals surface area contributed by atoms with E-state index < -0.39 is 0 Å². The lowest BCUT2D eigenvalue weighted by Gasteiger charge is -2.35. The number of carbonyl (C=O) groups is 1. The molecule has 0 aliphatic carbocycles. The Morgan fingerprint density at radius 2 is 1.83 bits per heavy atom. The van der Waals surface area contributed by atoms with Crippen LogP contribution >= 0.6 is 22.7 Å². The molecule has 3 aromatic heterocycles. The van der Waals surface area contributed by atoms with E-state index in [2.05, 4.69) is 38.1 Å². The maximum atomic E-state index is 12.9. The topological polar surface area (TPSA) is 62.2 Å². The maximum Gasteiger partial charge on any atom is 0.273 e. The van der Waals surface area contributed by atoms with Gasteiger partial charge in [-0.2, -0.15) is 0 Å². The molecule has 0 radical (unpaired) electrons. The lowest BCUT2D eigenvalue weighted by molar-refractivity contribution is 0.0741. The molecule has 4 heterocycles. The van der Waals surface area contributed by atoms with Gasteiger partial charge in [0.2, 0.25) is 0 Å². The first kappa shape index (κ1) is 18.2. The van der Waals surface area contributed by atoms with Crippen molar-refractivity contribution in [2.75, 3.05) is 31.1 Å². The molecule has 1 amide bonds. The summed E-state index contributed by atoms with van der Waals surface area (Å²) in [5, 5.41) is 5.98. The molecule has 1 aliphatic rings. The fraction of sp³-hybridized carbons (Fsp3) is 0.238.